The maximum absolute atomic E-state index is 12.8. The van der Waals surface area contributed by atoms with Crippen molar-refractivity contribution >= 4 is 50.7 Å². The molecule has 0 aliphatic rings. The van der Waals surface area contributed by atoms with Crippen molar-refractivity contribution in [2.24, 2.45) is 0 Å². The van der Waals surface area contributed by atoms with Gasteiger partial charge in [0.25, 0.3) is 10.0 Å². The first-order chi connectivity index (χ1) is 15.2. The molecule has 3 aromatic carbocycles. The zero-order chi connectivity index (χ0) is 23.3. The summed E-state index contributed by atoms with van der Waals surface area (Å²) in [6.07, 6.45) is 0.644. The molecule has 32 heavy (non-hydrogen) atoms. The van der Waals surface area contributed by atoms with Crippen LogP contribution in [0.15, 0.2) is 76.5 Å². The lowest BCUT2D eigenvalue weighted by Gasteiger charge is -2.15. The standard InChI is InChI=1S/C24H25ClN2O3S2/c1-4-23(31-20-11-7-18(25)8-12-20)24(28)26-19-9-13-21(14-10-19)32(29,30)27-22-15-16(2)5-6-17(22)3/h5-15,23,27H,4H2,1-3H3,(H,26,28)/t23-/m1/s1. The van der Waals surface area contributed by atoms with Crippen LogP contribution in [0.1, 0.15) is 24.5 Å². The van der Waals surface area contributed by atoms with Crippen LogP contribution in [-0.4, -0.2) is 19.6 Å². The summed E-state index contributed by atoms with van der Waals surface area (Å²) in [6, 6.07) is 19.1. The summed E-state index contributed by atoms with van der Waals surface area (Å²) in [4.78, 5) is 13.8. The van der Waals surface area contributed by atoms with E-state index >= 15 is 0 Å². The predicted octanol–water partition coefficient (Wildman–Crippen LogP) is 6.27. The third-order valence-corrected chi connectivity index (χ3v) is 7.83. The zero-order valence-electron chi connectivity index (χ0n) is 18.1. The number of aryl methyl sites for hydroxylation is 2. The summed E-state index contributed by atoms with van der Waals surface area (Å²) >= 11 is 7.38. The average molecular weight is 489 g/mol. The molecule has 0 aliphatic heterocycles. The van der Waals surface area contributed by atoms with E-state index in [0.29, 0.717) is 22.8 Å². The van der Waals surface area contributed by atoms with Crippen LogP contribution < -0.4 is 10.0 Å². The summed E-state index contributed by atoms with van der Waals surface area (Å²) in [7, 11) is -3.74. The molecule has 0 radical (unpaired) electrons. The van der Waals surface area contributed by atoms with Crippen molar-refractivity contribution < 1.29 is 13.2 Å². The van der Waals surface area contributed by atoms with Gasteiger partial charge in [0.05, 0.1) is 15.8 Å². The molecule has 168 valence electrons. The van der Waals surface area contributed by atoms with Crippen molar-refractivity contribution in [3.05, 3.63) is 82.9 Å². The number of benzene rings is 3. The molecule has 8 heteroatoms. The lowest BCUT2D eigenvalue weighted by Crippen LogP contribution is -2.24. The number of thioether (sulfide) groups is 1. The number of hydrogen-bond donors (Lipinski definition) is 2. The van der Waals surface area contributed by atoms with E-state index in [9.17, 15) is 13.2 Å². The van der Waals surface area contributed by atoms with Gasteiger partial charge in [0.15, 0.2) is 0 Å². The van der Waals surface area contributed by atoms with E-state index in [1.165, 1.54) is 23.9 Å². The Labute approximate surface area is 198 Å². The van der Waals surface area contributed by atoms with Crippen molar-refractivity contribution in [2.45, 2.75) is 42.2 Å². The van der Waals surface area contributed by atoms with Crippen molar-refractivity contribution in [3.63, 3.8) is 0 Å². The Balaban J connectivity index is 1.68. The van der Waals surface area contributed by atoms with E-state index in [4.69, 9.17) is 11.6 Å². The maximum atomic E-state index is 12.8. The minimum atomic E-state index is -3.74. The second kappa shape index (κ2) is 10.4. The molecule has 0 spiro atoms. The minimum absolute atomic E-state index is 0.124. The second-order valence-electron chi connectivity index (χ2n) is 7.41. The Hall–Kier alpha value is -2.48. The lowest BCUT2D eigenvalue weighted by atomic mass is 10.1. The van der Waals surface area contributed by atoms with Gasteiger partial charge in [-0.3, -0.25) is 9.52 Å². The molecule has 3 aromatic rings. The first-order valence-corrected chi connectivity index (χ1v) is 12.9. The van der Waals surface area contributed by atoms with Gasteiger partial charge in [-0.15, -0.1) is 11.8 Å². The fraction of sp³-hybridized carbons (Fsp3) is 0.208. The lowest BCUT2D eigenvalue weighted by molar-refractivity contribution is -0.115. The van der Waals surface area contributed by atoms with Crippen LogP contribution in [0.3, 0.4) is 0 Å². The Morgan fingerprint density at radius 1 is 1.00 bits per heavy atom. The van der Waals surface area contributed by atoms with E-state index < -0.39 is 10.0 Å². The molecule has 1 atom stereocenters. The highest BCUT2D eigenvalue weighted by molar-refractivity contribution is 8.00. The van der Waals surface area contributed by atoms with Crippen molar-refractivity contribution in [2.75, 3.05) is 10.0 Å². The van der Waals surface area contributed by atoms with Gasteiger partial charge in [-0.1, -0.05) is 30.7 Å². The molecule has 0 saturated heterocycles. The molecule has 0 fully saturated rings. The molecular formula is C24H25ClN2O3S2. The van der Waals surface area contributed by atoms with Gasteiger partial charge in [-0.25, -0.2) is 8.42 Å². The minimum Gasteiger partial charge on any atom is -0.325 e. The van der Waals surface area contributed by atoms with Crippen LogP contribution in [0, 0.1) is 13.8 Å². The van der Waals surface area contributed by atoms with Crippen LogP contribution in [0.5, 0.6) is 0 Å². The predicted molar refractivity (Wildman–Crippen MR) is 133 cm³/mol. The highest BCUT2D eigenvalue weighted by Crippen LogP contribution is 2.28. The number of anilines is 2. The molecule has 1 amide bonds. The molecule has 0 saturated carbocycles. The Morgan fingerprint density at radius 2 is 1.66 bits per heavy atom. The molecule has 0 heterocycles. The number of hydrogen-bond acceptors (Lipinski definition) is 4. The van der Waals surface area contributed by atoms with Crippen LogP contribution in [0.4, 0.5) is 11.4 Å². The first kappa shape index (κ1) is 24.2. The van der Waals surface area contributed by atoms with Crippen molar-refractivity contribution in [3.8, 4) is 0 Å². The van der Waals surface area contributed by atoms with E-state index in [1.54, 1.807) is 30.3 Å². The first-order valence-electron chi connectivity index (χ1n) is 10.1. The fourth-order valence-electron chi connectivity index (χ4n) is 2.99. The summed E-state index contributed by atoms with van der Waals surface area (Å²) in [5.74, 6) is -0.142. The largest absolute Gasteiger partial charge is 0.325 e. The van der Waals surface area contributed by atoms with E-state index in [0.717, 1.165) is 16.0 Å². The highest BCUT2D eigenvalue weighted by Gasteiger charge is 2.19. The van der Waals surface area contributed by atoms with Gasteiger partial charge in [0.1, 0.15) is 0 Å². The smallest absolute Gasteiger partial charge is 0.261 e. The van der Waals surface area contributed by atoms with Crippen molar-refractivity contribution in [1.82, 2.24) is 0 Å². The van der Waals surface area contributed by atoms with Crippen LogP contribution in [-0.2, 0) is 14.8 Å². The Bertz CT molecular complexity index is 1190. The molecule has 0 bridgehead atoms. The highest BCUT2D eigenvalue weighted by atomic mass is 35.5. The average Bonchev–Trinajstić information content (AvgIpc) is 2.76. The molecule has 0 aromatic heterocycles. The SMILES string of the molecule is CC[C@@H](Sc1ccc(Cl)cc1)C(=O)Nc1ccc(S(=O)(=O)Nc2cc(C)ccc2C)cc1. The number of carbonyl (C=O) groups is 1. The van der Waals surface area contributed by atoms with Gasteiger partial charge in [0, 0.05) is 15.6 Å². The summed E-state index contributed by atoms with van der Waals surface area (Å²) in [5, 5.41) is 3.23. The Morgan fingerprint density at radius 3 is 2.28 bits per heavy atom. The van der Waals surface area contributed by atoms with Crippen LogP contribution in [0.2, 0.25) is 5.02 Å². The molecule has 2 N–H and O–H groups in total. The van der Waals surface area contributed by atoms with Gasteiger partial charge in [-0.05, 0) is 86.0 Å². The molecule has 0 aliphatic carbocycles. The molecular weight excluding hydrogens is 464 g/mol. The Kier molecular flexibility index (Phi) is 7.87. The van der Waals surface area contributed by atoms with Gasteiger partial charge >= 0.3 is 0 Å². The van der Waals surface area contributed by atoms with Gasteiger partial charge < -0.3 is 5.32 Å². The molecule has 3 rings (SSSR count). The number of rotatable bonds is 8. The number of sulfonamides is 1. The van der Waals surface area contributed by atoms with Gasteiger partial charge in [-0.2, -0.15) is 0 Å². The number of carbonyl (C=O) groups excluding carboxylic acids is 1. The second-order valence-corrected chi connectivity index (χ2v) is 10.8. The quantitative estimate of drug-likeness (QED) is 0.366. The summed E-state index contributed by atoms with van der Waals surface area (Å²) in [5.41, 5.74) is 2.89. The normalized spacial score (nSPS) is 12.2. The molecule has 0 unspecified atom stereocenters. The number of nitrogens with one attached hydrogen (secondary N) is 2. The van der Waals surface area contributed by atoms with Crippen LogP contribution in [0.25, 0.3) is 0 Å². The van der Waals surface area contributed by atoms with Crippen LogP contribution >= 0.6 is 23.4 Å². The maximum Gasteiger partial charge on any atom is 0.261 e. The monoisotopic (exact) mass is 488 g/mol. The summed E-state index contributed by atoms with van der Waals surface area (Å²) < 4.78 is 28.2. The molecule has 5 nitrogen and oxygen atoms in total. The van der Waals surface area contributed by atoms with Gasteiger partial charge in [0.2, 0.25) is 5.91 Å². The van der Waals surface area contributed by atoms with E-state index in [-0.39, 0.29) is 16.1 Å². The topological polar surface area (TPSA) is 75.3 Å². The fourth-order valence-corrected chi connectivity index (χ4v) is 5.19. The third-order valence-electron chi connectivity index (χ3n) is 4.82. The summed E-state index contributed by atoms with van der Waals surface area (Å²) in [6.45, 7) is 5.70. The third kappa shape index (κ3) is 6.28. The zero-order valence-corrected chi connectivity index (χ0v) is 20.4. The van der Waals surface area contributed by atoms with E-state index in [1.807, 2.05) is 45.0 Å². The number of halogens is 1. The van der Waals surface area contributed by atoms with Crippen molar-refractivity contribution in [1.29, 1.82) is 0 Å². The van der Waals surface area contributed by atoms with E-state index in [2.05, 4.69) is 10.0 Å². The number of amides is 1.